The van der Waals surface area contributed by atoms with E-state index < -0.39 is 51.3 Å². The molecule has 0 radical (unpaired) electrons. The van der Waals surface area contributed by atoms with Crippen LogP contribution in [0.5, 0.6) is 0 Å². The van der Waals surface area contributed by atoms with Crippen molar-refractivity contribution >= 4 is 56.8 Å². The summed E-state index contributed by atoms with van der Waals surface area (Å²) in [7, 11) is -4.31. The van der Waals surface area contributed by atoms with Gasteiger partial charge in [0.25, 0.3) is 5.69 Å². The molecule has 0 saturated carbocycles. The number of nitro benzene ring substituents is 1. The van der Waals surface area contributed by atoms with Crippen LogP contribution in [-0.2, 0) is 24.9 Å². The molecule has 12 nitrogen and oxygen atoms in total. The smallest absolute Gasteiger partial charge is 0.416 e. The fraction of sp³-hybridized carbons (Fsp3) is 0.667. The molecule has 0 N–H and O–H groups in total. The molecule has 15 heteroatoms. The largest absolute Gasteiger partial charge is 0.443 e. The number of rotatable bonds is 10. The molecule has 2 heterocycles. The summed E-state index contributed by atoms with van der Waals surface area (Å²) in [5.74, 6) is 0.00299. The predicted octanol–water partition coefficient (Wildman–Crippen LogP) is 8.40. The molecule has 1 fully saturated rings. The first-order valence-corrected chi connectivity index (χ1v) is 23.1. The van der Waals surface area contributed by atoms with Crippen molar-refractivity contribution in [3.63, 3.8) is 0 Å². The van der Waals surface area contributed by atoms with Gasteiger partial charge < -0.3 is 18.3 Å². The van der Waals surface area contributed by atoms with E-state index in [9.17, 15) is 19.7 Å². The second kappa shape index (κ2) is 14.6. The topological polar surface area (TPSA) is 135 Å². The van der Waals surface area contributed by atoms with E-state index in [0.29, 0.717) is 16.6 Å². The first-order valence-electron chi connectivity index (χ1n) is 16.2. The minimum Gasteiger partial charge on any atom is -0.443 e. The van der Waals surface area contributed by atoms with Gasteiger partial charge in [-0.1, -0.05) is 41.5 Å². The van der Waals surface area contributed by atoms with Crippen LogP contribution in [0, 0.1) is 13.7 Å². The summed E-state index contributed by atoms with van der Waals surface area (Å²) in [6, 6.07) is 6.25. The molecule has 1 aromatic heterocycles. The zero-order valence-corrected chi connectivity index (χ0v) is 34.8. The molecule has 3 rings (SSSR count). The maximum absolute atomic E-state index is 13.6. The van der Waals surface area contributed by atoms with Crippen molar-refractivity contribution in [2.24, 2.45) is 0 Å². The summed E-state index contributed by atoms with van der Waals surface area (Å²) in [5, 5.41) is 11.8. The minimum absolute atomic E-state index is 0.00299. The van der Waals surface area contributed by atoms with Crippen molar-refractivity contribution in [3.05, 3.63) is 60.2 Å². The van der Waals surface area contributed by atoms with Crippen molar-refractivity contribution in [2.75, 3.05) is 11.5 Å². The van der Waals surface area contributed by atoms with Crippen LogP contribution in [0.1, 0.15) is 80.5 Å². The molecule has 1 saturated heterocycles. The van der Waals surface area contributed by atoms with Crippen LogP contribution in [0.2, 0.25) is 36.3 Å². The molecule has 1 aliphatic heterocycles. The van der Waals surface area contributed by atoms with Crippen LogP contribution in [-0.4, -0.2) is 61.6 Å². The maximum Gasteiger partial charge on any atom is 0.416 e. The normalized spacial score (nSPS) is 19.3. The van der Waals surface area contributed by atoms with Crippen molar-refractivity contribution in [3.8, 4) is 0 Å². The number of carbonyl (C=O) groups is 1. The number of hydrogen-bond acceptors (Lipinski definition) is 9. The quantitative estimate of drug-likeness (QED) is 0.100. The van der Waals surface area contributed by atoms with Gasteiger partial charge in [-0.15, -0.1) is 0 Å². The highest BCUT2D eigenvalue weighted by Crippen LogP contribution is 2.42. The fourth-order valence-corrected chi connectivity index (χ4v) is 7.39. The first-order chi connectivity index (χ1) is 21.7. The highest BCUT2D eigenvalue weighted by Gasteiger charge is 2.47. The first kappa shape index (κ1) is 40.2. The molecule has 0 aliphatic carbocycles. The fourth-order valence-electron chi connectivity index (χ4n) is 4.55. The number of nitrogens with zero attached hydrogens (tertiary/aromatic N) is 4. The number of hydrogen-bond donors (Lipinski definition) is 0. The van der Waals surface area contributed by atoms with Gasteiger partial charge in [0.05, 0.1) is 24.2 Å². The van der Waals surface area contributed by atoms with Crippen LogP contribution in [0.25, 0.3) is 0 Å². The van der Waals surface area contributed by atoms with E-state index in [0.717, 1.165) is 4.90 Å². The third-order valence-electron chi connectivity index (χ3n) is 9.44. The van der Waals surface area contributed by atoms with Gasteiger partial charge in [-0.3, -0.25) is 19.6 Å². The number of aromatic nitrogens is 2. The van der Waals surface area contributed by atoms with E-state index >= 15 is 0 Å². The summed E-state index contributed by atoms with van der Waals surface area (Å²) in [5.41, 5.74) is -1.38. The lowest BCUT2D eigenvalue weighted by Gasteiger charge is -2.40. The maximum atomic E-state index is 13.6. The lowest BCUT2D eigenvalue weighted by molar-refractivity contribution is -0.385. The summed E-state index contributed by atoms with van der Waals surface area (Å²) < 4.78 is 27.6. The van der Waals surface area contributed by atoms with Crippen molar-refractivity contribution in [2.45, 2.75) is 136 Å². The molecule has 1 aromatic carbocycles. The van der Waals surface area contributed by atoms with Gasteiger partial charge in [0, 0.05) is 27.8 Å². The Morgan fingerprint density at radius 1 is 1.06 bits per heavy atom. The number of carbonyl (C=O) groups excluding carboxylic acids is 1. The summed E-state index contributed by atoms with van der Waals surface area (Å²) in [6.07, 6.45) is -0.202. The number of benzene rings is 1. The van der Waals surface area contributed by atoms with E-state index in [1.807, 2.05) is 22.6 Å². The number of anilines is 1. The van der Waals surface area contributed by atoms with Gasteiger partial charge in [0.1, 0.15) is 23.8 Å². The Morgan fingerprint density at radius 3 is 2.19 bits per heavy atom. The van der Waals surface area contributed by atoms with Crippen molar-refractivity contribution in [1.82, 2.24) is 9.55 Å². The Bertz CT molecular complexity index is 1550. The predicted molar refractivity (Wildman–Crippen MR) is 200 cm³/mol. The van der Waals surface area contributed by atoms with Crippen LogP contribution >= 0.6 is 22.6 Å². The molecule has 48 heavy (non-hydrogen) atoms. The summed E-state index contributed by atoms with van der Waals surface area (Å²) in [4.78, 5) is 43.8. The Morgan fingerprint density at radius 2 is 1.67 bits per heavy atom. The molecule has 268 valence electrons. The van der Waals surface area contributed by atoms with Gasteiger partial charge in [-0.2, -0.15) is 4.98 Å². The Balaban J connectivity index is 1.98. The van der Waals surface area contributed by atoms with E-state index in [2.05, 4.69) is 72.7 Å². The molecule has 0 unspecified atom stereocenters. The molecule has 3 atom stereocenters. The highest BCUT2D eigenvalue weighted by molar-refractivity contribution is 14.1. The van der Waals surface area contributed by atoms with Gasteiger partial charge in [0.2, 0.25) is 0 Å². The highest BCUT2D eigenvalue weighted by atomic mass is 127. The average molecular weight is 817 g/mol. The molecule has 1 aliphatic rings. The van der Waals surface area contributed by atoms with E-state index in [-0.39, 0.29) is 39.8 Å². The number of amides is 1. The SMILES string of the molecule is CC(C)(C)OC(=O)N(Cc1ccc(I)cc1[N+](=O)[O-])c1ccn([C@H]2C[C@H](O[Si](C)(C)C(C)(C)C)[C@@H](CO[Si](C)(C)C(C)(C)C)O2)c(=O)n1. The third kappa shape index (κ3) is 9.96. The monoisotopic (exact) mass is 816 g/mol. The van der Waals surface area contributed by atoms with E-state index in [1.54, 1.807) is 32.9 Å². The van der Waals surface area contributed by atoms with Crippen LogP contribution in [0.3, 0.4) is 0 Å². The second-order valence-electron chi connectivity index (χ2n) is 16.4. The standard InChI is InChI=1S/C33H53IN4O8Si2/c1-31(2,3)45-30(40)37(20-22-14-15-23(34)18-24(22)38(41)42)27-16-17-36(29(39)35-27)28-19-25(46-48(12,13)33(7,8)9)26(44-28)21-43-47(10,11)32(4,5)6/h14-18,25-26,28H,19-21H2,1-13H3/t25-,26+,28+/m0/s1. The number of halogens is 1. The summed E-state index contributed by atoms with van der Waals surface area (Å²) in [6.45, 7) is 27.1. The molecular weight excluding hydrogens is 763 g/mol. The second-order valence-corrected chi connectivity index (χ2v) is 27.2. The van der Waals surface area contributed by atoms with Gasteiger partial charge >= 0.3 is 11.8 Å². The lowest BCUT2D eigenvalue weighted by Crippen LogP contribution is -2.48. The Hall–Kier alpha value is -2.19. The minimum atomic E-state index is -2.21. The molecular formula is C33H53IN4O8Si2. The zero-order chi connectivity index (χ0) is 36.6. The Kier molecular flexibility index (Phi) is 12.2. The Labute approximate surface area is 300 Å². The zero-order valence-electron chi connectivity index (χ0n) is 30.7. The number of nitro groups is 1. The van der Waals surface area contributed by atoms with Gasteiger partial charge in [-0.25, -0.2) is 9.59 Å². The van der Waals surface area contributed by atoms with E-state index in [1.165, 1.54) is 22.9 Å². The third-order valence-corrected chi connectivity index (χ3v) is 19.1. The van der Waals surface area contributed by atoms with E-state index in [4.69, 9.17) is 18.3 Å². The van der Waals surface area contributed by atoms with Crippen molar-refractivity contribution < 1.29 is 28.0 Å². The average Bonchev–Trinajstić information content (AvgIpc) is 3.30. The number of ether oxygens (including phenoxy) is 2. The van der Waals surface area contributed by atoms with Crippen LogP contribution in [0.4, 0.5) is 16.3 Å². The molecule has 0 bridgehead atoms. The molecule has 2 aromatic rings. The van der Waals surface area contributed by atoms with Gasteiger partial charge in [0.15, 0.2) is 16.6 Å². The lowest BCUT2D eigenvalue weighted by atomic mass is 10.1. The van der Waals surface area contributed by atoms with Gasteiger partial charge in [-0.05, 0) is 97.8 Å². The summed E-state index contributed by atoms with van der Waals surface area (Å²) >= 11 is 1.99. The van der Waals surface area contributed by atoms with Crippen LogP contribution < -0.4 is 10.6 Å². The molecule has 0 spiro atoms. The van der Waals surface area contributed by atoms with Crippen molar-refractivity contribution in [1.29, 1.82) is 0 Å². The molecule has 1 amide bonds. The van der Waals surface area contributed by atoms with Crippen LogP contribution in [0.15, 0.2) is 35.3 Å².